The van der Waals surface area contributed by atoms with Crippen LogP contribution in [-0.4, -0.2) is 54.1 Å². The molecule has 0 aliphatic carbocycles. The Hall–Kier alpha value is -2.34. The Labute approximate surface area is 167 Å². The van der Waals surface area contributed by atoms with Crippen molar-refractivity contribution in [2.24, 2.45) is 0 Å². The molecule has 0 spiro atoms. The van der Waals surface area contributed by atoms with Crippen LogP contribution in [0.3, 0.4) is 0 Å². The number of para-hydroxylation sites is 1. The topological polar surface area (TPSA) is 46.9 Å². The van der Waals surface area contributed by atoms with Gasteiger partial charge >= 0.3 is 0 Å². The van der Waals surface area contributed by atoms with Crippen LogP contribution >= 0.6 is 0 Å². The summed E-state index contributed by atoms with van der Waals surface area (Å²) >= 11 is 0. The van der Waals surface area contributed by atoms with Crippen LogP contribution in [0.25, 0.3) is 10.9 Å². The normalized spacial score (nSPS) is 12.6. The van der Waals surface area contributed by atoms with Crippen molar-refractivity contribution in [1.82, 2.24) is 9.47 Å². The Balaban J connectivity index is 1.46. The minimum Gasteiger partial charge on any atom is -0.491 e. The van der Waals surface area contributed by atoms with Crippen LogP contribution in [0.4, 0.5) is 0 Å². The number of likely N-dealkylation sites (N-methyl/N-ethyl adjacent to an activating group) is 1. The Kier molecular flexibility index (Phi) is 7.48. The first kappa shape index (κ1) is 20.4. The van der Waals surface area contributed by atoms with Crippen LogP contribution < -0.4 is 4.74 Å². The van der Waals surface area contributed by atoms with Crippen molar-refractivity contribution in [3.8, 4) is 5.75 Å². The van der Waals surface area contributed by atoms with E-state index in [2.05, 4.69) is 39.8 Å². The van der Waals surface area contributed by atoms with Crippen LogP contribution in [0.15, 0.2) is 60.8 Å². The summed E-state index contributed by atoms with van der Waals surface area (Å²) in [5, 5.41) is 11.7. The zero-order chi connectivity index (χ0) is 19.8. The fraction of sp³-hybridized carbons (Fsp3) is 0.391. The number of nitrogens with zero attached hydrogens (tertiary/aromatic N) is 2. The first-order chi connectivity index (χ1) is 13.7. The van der Waals surface area contributed by atoms with E-state index in [0.717, 1.165) is 17.8 Å². The number of aliphatic hydroxyl groups is 1. The van der Waals surface area contributed by atoms with Crippen molar-refractivity contribution in [3.63, 3.8) is 0 Å². The molecule has 0 amide bonds. The molecule has 28 heavy (non-hydrogen) atoms. The highest BCUT2D eigenvalue weighted by molar-refractivity contribution is 5.79. The van der Waals surface area contributed by atoms with Gasteiger partial charge in [0.2, 0.25) is 0 Å². The molecule has 0 aliphatic heterocycles. The maximum Gasteiger partial charge on any atom is 0.119 e. The first-order valence-corrected chi connectivity index (χ1v) is 9.85. The molecule has 0 saturated carbocycles. The van der Waals surface area contributed by atoms with E-state index in [9.17, 15) is 5.11 Å². The summed E-state index contributed by atoms with van der Waals surface area (Å²) in [6.07, 6.45) is 1.61. The van der Waals surface area contributed by atoms with Gasteiger partial charge in [0.25, 0.3) is 0 Å². The van der Waals surface area contributed by atoms with Gasteiger partial charge in [0.05, 0.1) is 12.7 Å². The van der Waals surface area contributed by atoms with E-state index >= 15 is 0 Å². The molecular weight excluding hydrogens is 352 g/mol. The van der Waals surface area contributed by atoms with E-state index in [4.69, 9.17) is 9.47 Å². The standard InChI is InChI=1S/C23H30N2O3/c1-3-27-14-15-28-22-10-8-19(9-11-22)16-24(2)17-21(26)18-25-13-12-20-6-4-5-7-23(20)25/h4-13,21,26H,3,14-18H2,1-2H3/t21-/m0/s1. The van der Waals surface area contributed by atoms with Crippen molar-refractivity contribution in [3.05, 3.63) is 66.4 Å². The highest BCUT2D eigenvalue weighted by Gasteiger charge is 2.11. The van der Waals surface area contributed by atoms with Gasteiger partial charge in [-0.25, -0.2) is 0 Å². The van der Waals surface area contributed by atoms with E-state index in [0.29, 0.717) is 32.9 Å². The SMILES string of the molecule is CCOCCOc1ccc(CN(C)C[C@H](O)Cn2ccc3ccccc32)cc1. The van der Waals surface area contributed by atoms with Crippen LogP contribution in [0.5, 0.6) is 5.75 Å². The highest BCUT2D eigenvalue weighted by Crippen LogP contribution is 2.16. The fourth-order valence-electron chi connectivity index (χ4n) is 3.37. The van der Waals surface area contributed by atoms with Crippen LogP contribution in [-0.2, 0) is 17.8 Å². The van der Waals surface area contributed by atoms with Gasteiger partial charge < -0.3 is 19.1 Å². The molecule has 1 heterocycles. The predicted octanol–water partition coefficient (Wildman–Crippen LogP) is 3.55. The molecule has 1 N–H and O–H groups in total. The lowest BCUT2D eigenvalue weighted by Gasteiger charge is -2.21. The van der Waals surface area contributed by atoms with Gasteiger partial charge in [0, 0.05) is 38.0 Å². The molecule has 2 aromatic carbocycles. The summed E-state index contributed by atoms with van der Waals surface area (Å²) in [6, 6.07) is 18.4. The molecule has 5 nitrogen and oxygen atoms in total. The third-order valence-corrected chi connectivity index (χ3v) is 4.69. The van der Waals surface area contributed by atoms with Gasteiger partial charge in [0.15, 0.2) is 0 Å². The number of hydrogen-bond donors (Lipinski definition) is 1. The Bertz CT molecular complexity index is 844. The van der Waals surface area contributed by atoms with Crippen molar-refractivity contribution in [2.75, 3.05) is 33.4 Å². The molecule has 1 atom stereocenters. The van der Waals surface area contributed by atoms with Crippen LogP contribution in [0.1, 0.15) is 12.5 Å². The lowest BCUT2D eigenvalue weighted by Crippen LogP contribution is -2.31. The van der Waals surface area contributed by atoms with Gasteiger partial charge in [0.1, 0.15) is 12.4 Å². The van der Waals surface area contributed by atoms with Crippen LogP contribution in [0, 0.1) is 0 Å². The third-order valence-electron chi connectivity index (χ3n) is 4.69. The summed E-state index contributed by atoms with van der Waals surface area (Å²) in [4.78, 5) is 2.14. The number of aliphatic hydroxyl groups excluding tert-OH is 1. The minimum absolute atomic E-state index is 0.429. The van der Waals surface area contributed by atoms with E-state index in [1.807, 2.05) is 44.4 Å². The lowest BCUT2D eigenvalue weighted by atomic mass is 10.2. The molecule has 0 unspecified atom stereocenters. The summed E-state index contributed by atoms with van der Waals surface area (Å²) < 4.78 is 13.0. The Morgan fingerprint density at radius 2 is 1.82 bits per heavy atom. The van der Waals surface area contributed by atoms with Gasteiger partial charge in [-0.15, -0.1) is 0 Å². The molecule has 150 valence electrons. The zero-order valence-electron chi connectivity index (χ0n) is 16.8. The van der Waals surface area contributed by atoms with Gasteiger partial charge in [-0.3, -0.25) is 4.90 Å². The molecule has 0 aliphatic rings. The average molecular weight is 383 g/mol. The summed E-state index contributed by atoms with van der Waals surface area (Å²) in [5.74, 6) is 0.852. The molecule has 0 radical (unpaired) electrons. The molecule has 3 aromatic rings. The smallest absolute Gasteiger partial charge is 0.119 e. The quantitative estimate of drug-likeness (QED) is 0.515. The van der Waals surface area contributed by atoms with Crippen molar-refractivity contribution in [1.29, 1.82) is 0 Å². The van der Waals surface area contributed by atoms with Gasteiger partial charge in [-0.05, 0) is 49.2 Å². The number of fused-ring (bicyclic) bond motifs is 1. The second-order valence-electron chi connectivity index (χ2n) is 7.07. The summed E-state index contributed by atoms with van der Waals surface area (Å²) in [7, 11) is 2.03. The van der Waals surface area contributed by atoms with Crippen molar-refractivity contribution in [2.45, 2.75) is 26.1 Å². The minimum atomic E-state index is -0.429. The van der Waals surface area contributed by atoms with E-state index in [1.54, 1.807) is 0 Å². The molecule has 0 bridgehead atoms. The zero-order valence-corrected chi connectivity index (χ0v) is 16.8. The molecular formula is C23H30N2O3. The van der Waals surface area contributed by atoms with Crippen molar-refractivity contribution < 1.29 is 14.6 Å². The van der Waals surface area contributed by atoms with Crippen molar-refractivity contribution >= 4 is 10.9 Å². The second-order valence-corrected chi connectivity index (χ2v) is 7.07. The molecule has 0 fully saturated rings. The summed E-state index contributed by atoms with van der Waals surface area (Å²) in [5.41, 5.74) is 2.35. The number of ether oxygens (including phenoxy) is 2. The summed E-state index contributed by atoms with van der Waals surface area (Å²) in [6.45, 7) is 5.83. The number of rotatable bonds is 11. The van der Waals surface area contributed by atoms with E-state index in [1.165, 1.54) is 10.9 Å². The average Bonchev–Trinajstić information content (AvgIpc) is 3.09. The Morgan fingerprint density at radius 1 is 1.04 bits per heavy atom. The lowest BCUT2D eigenvalue weighted by molar-refractivity contribution is 0.108. The monoisotopic (exact) mass is 382 g/mol. The number of aromatic nitrogens is 1. The fourth-order valence-corrected chi connectivity index (χ4v) is 3.37. The maximum absolute atomic E-state index is 10.5. The van der Waals surface area contributed by atoms with E-state index in [-0.39, 0.29) is 0 Å². The van der Waals surface area contributed by atoms with E-state index < -0.39 is 6.10 Å². The number of benzene rings is 2. The largest absolute Gasteiger partial charge is 0.491 e. The molecule has 0 saturated heterocycles. The Morgan fingerprint density at radius 3 is 2.61 bits per heavy atom. The van der Waals surface area contributed by atoms with Gasteiger partial charge in [-0.2, -0.15) is 0 Å². The third kappa shape index (κ3) is 5.83. The second kappa shape index (κ2) is 10.3. The maximum atomic E-state index is 10.5. The molecule has 3 rings (SSSR count). The first-order valence-electron chi connectivity index (χ1n) is 9.85. The predicted molar refractivity (Wildman–Crippen MR) is 113 cm³/mol. The number of hydrogen-bond acceptors (Lipinski definition) is 4. The molecule has 5 heteroatoms. The van der Waals surface area contributed by atoms with Gasteiger partial charge in [-0.1, -0.05) is 30.3 Å². The van der Waals surface area contributed by atoms with Crippen LogP contribution in [0.2, 0.25) is 0 Å². The molecule has 1 aromatic heterocycles. The highest BCUT2D eigenvalue weighted by atomic mass is 16.5.